The number of hydrogen-bond donors (Lipinski definition) is 1. The Kier molecular flexibility index (Phi) is 3.84. The standard InChI is InChI=1S/C9H13N3O3/c1-7(12-5-3-4-11-12)9(14)10-6-8(13)15-2/h3-5,7H,6H2,1-2H3,(H,10,14). The Morgan fingerprint density at radius 1 is 1.60 bits per heavy atom. The Morgan fingerprint density at radius 3 is 2.87 bits per heavy atom. The molecule has 0 fully saturated rings. The van der Waals surface area contributed by atoms with Gasteiger partial charge in [0.15, 0.2) is 0 Å². The number of carbonyl (C=O) groups is 2. The number of hydrogen-bond acceptors (Lipinski definition) is 4. The summed E-state index contributed by atoms with van der Waals surface area (Å²) in [5.41, 5.74) is 0. The van der Waals surface area contributed by atoms with Crippen LogP contribution >= 0.6 is 0 Å². The molecule has 0 saturated heterocycles. The van der Waals surface area contributed by atoms with Gasteiger partial charge in [0.2, 0.25) is 5.91 Å². The number of nitrogens with zero attached hydrogens (tertiary/aromatic N) is 2. The lowest BCUT2D eigenvalue weighted by atomic mass is 10.3. The molecule has 0 saturated carbocycles. The number of amides is 1. The summed E-state index contributed by atoms with van der Waals surface area (Å²) in [5.74, 6) is -0.750. The first-order chi connectivity index (χ1) is 7.15. The van der Waals surface area contributed by atoms with Crippen molar-refractivity contribution in [3.8, 4) is 0 Å². The van der Waals surface area contributed by atoms with Crippen LogP contribution < -0.4 is 5.32 Å². The van der Waals surface area contributed by atoms with Gasteiger partial charge in [-0.05, 0) is 13.0 Å². The minimum atomic E-state index is -0.476. The second kappa shape index (κ2) is 5.14. The zero-order valence-electron chi connectivity index (χ0n) is 8.64. The van der Waals surface area contributed by atoms with E-state index in [1.807, 2.05) is 0 Å². The highest BCUT2D eigenvalue weighted by molar-refractivity contribution is 5.84. The van der Waals surface area contributed by atoms with Gasteiger partial charge in [-0.2, -0.15) is 5.10 Å². The molecular weight excluding hydrogens is 198 g/mol. The molecule has 0 aliphatic carbocycles. The molecule has 0 aliphatic rings. The minimum absolute atomic E-state index is 0.124. The van der Waals surface area contributed by atoms with Gasteiger partial charge in [-0.3, -0.25) is 14.3 Å². The van der Waals surface area contributed by atoms with E-state index in [4.69, 9.17) is 0 Å². The van der Waals surface area contributed by atoms with Crippen molar-refractivity contribution >= 4 is 11.9 Å². The molecule has 6 nitrogen and oxygen atoms in total. The maximum absolute atomic E-state index is 11.5. The monoisotopic (exact) mass is 211 g/mol. The molecule has 15 heavy (non-hydrogen) atoms. The molecule has 0 bridgehead atoms. The third-order valence-electron chi connectivity index (χ3n) is 1.94. The van der Waals surface area contributed by atoms with Crippen LogP contribution in [0.1, 0.15) is 13.0 Å². The smallest absolute Gasteiger partial charge is 0.325 e. The van der Waals surface area contributed by atoms with Crippen LogP contribution in [0.15, 0.2) is 18.5 Å². The van der Waals surface area contributed by atoms with Crippen LogP contribution in [-0.2, 0) is 14.3 Å². The number of aromatic nitrogens is 2. The van der Waals surface area contributed by atoms with Gasteiger partial charge in [0, 0.05) is 12.4 Å². The van der Waals surface area contributed by atoms with E-state index < -0.39 is 12.0 Å². The molecule has 1 amide bonds. The van der Waals surface area contributed by atoms with E-state index in [9.17, 15) is 9.59 Å². The second-order valence-corrected chi connectivity index (χ2v) is 2.96. The summed E-state index contributed by atoms with van der Waals surface area (Å²) < 4.78 is 5.90. The van der Waals surface area contributed by atoms with Crippen LogP contribution in [-0.4, -0.2) is 35.3 Å². The summed E-state index contributed by atoms with van der Waals surface area (Å²) in [6, 6.07) is 1.29. The Balaban J connectivity index is 2.44. The summed E-state index contributed by atoms with van der Waals surface area (Å²) in [4.78, 5) is 22.2. The zero-order valence-corrected chi connectivity index (χ0v) is 8.64. The molecule has 1 unspecified atom stereocenters. The number of methoxy groups -OCH3 is 1. The van der Waals surface area contributed by atoms with Gasteiger partial charge in [0.1, 0.15) is 12.6 Å². The number of nitrogens with one attached hydrogen (secondary N) is 1. The van der Waals surface area contributed by atoms with Crippen LogP contribution in [0.5, 0.6) is 0 Å². The summed E-state index contributed by atoms with van der Waals surface area (Å²) in [7, 11) is 1.27. The van der Waals surface area contributed by atoms with Crippen molar-refractivity contribution in [2.75, 3.05) is 13.7 Å². The Bertz CT molecular complexity index is 334. The first kappa shape index (κ1) is 11.2. The fraction of sp³-hybridized carbons (Fsp3) is 0.444. The molecule has 82 valence electrons. The van der Waals surface area contributed by atoms with Gasteiger partial charge in [-0.1, -0.05) is 0 Å². The van der Waals surface area contributed by atoms with Gasteiger partial charge < -0.3 is 10.1 Å². The summed E-state index contributed by atoms with van der Waals surface area (Å²) in [6.07, 6.45) is 3.27. The van der Waals surface area contributed by atoms with Crippen molar-refractivity contribution in [1.82, 2.24) is 15.1 Å². The normalized spacial score (nSPS) is 11.9. The predicted octanol–water partition coefficient (Wildman–Crippen LogP) is -0.267. The summed E-state index contributed by atoms with van der Waals surface area (Å²) in [5, 5.41) is 6.37. The molecule has 6 heteroatoms. The lowest BCUT2D eigenvalue weighted by Gasteiger charge is -2.11. The number of carbonyl (C=O) groups excluding carboxylic acids is 2. The lowest BCUT2D eigenvalue weighted by molar-refractivity contribution is -0.141. The van der Waals surface area contributed by atoms with Crippen molar-refractivity contribution < 1.29 is 14.3 Å². The predicted molar refractivity (Wildman–Crippen MR) is 52.0 cm³/mol. The van der Waals surface area contributed by atoms with Crippen molar-refractivity contribution in [2.24, 2.45) is 0 Å². The van der Waals surface area contributed by atoms with Crippen molar-refractivity contribution in [3.05, 3.63) is 18.5 Å². The highest BCUT2D eigenvalue weighted by Gasteiger charge is 2.15. The second-order valence-electron chi connectivity index (χ2n) is 2.96. The van der Waals surface area contributed by atoms with E-state index >= 15 is 0 Å². The van der Waals surface area contributed by atoms with E-state index in [0.717, 1.165) is 0 Å². The van der Waals surface area contributed by atoms with Gasteiger partial charge >= 0.3 is 5.97 Å². The summed E-state index contributed by atoms with van der Waals surface area (Å²) >= 11 is 0. The van der Waals surface area contributed by atoms with Crippen LogP contribution in [0.3, 0.4) is 0 Å². The lowest BCUT2D eigenvalue weighted by Crippen LogP contribution is -2.35. The summed E-state index contributed by atoms with van der Waals surface area (Å²) in [6.45, 7) is 1.57. The van der Waals surface area contributed by atoms with E-state index in [1.54, 1.807) is 25.4 Å². The highest BCUT2D eigenvalue weighted by Crippen LogP contribution is 2.02. The van der Waals surface area contributed by atoms with Crippen molar-refractivity contribution in [2.45, 2.75) is 13.0 Å². The third-order valence-corrected chi connectivity index (χ3v) is 1.94. The topological polar surface area (TPSA) is 73.2 Å². The third kappa shape index (κ3) is 3.08. The molecule has 0 aliphatic heterocycles. The molecule has 1 rings (SSSR count). The Morgan fingerprint density at radius 2 is 2.33 bits per heavy atom. The first-order valence-corrected chi connectivity index (χ1v) is 4.49. The van der Waals surface area contributed by atoms with Crippen LogP contribution in [0.25, 0.3) is 0 Å². The molecule has 1 heterocycles. The molecule has 1 aromatic heterocycles. The van der Waals surface area contributed by atoms with Gasteiger partial charge in [-0.15, -0.1) is 0 Å². The van der Waals surface area contributed by atoms with Crippen LogP contribution in [0.4, 0.5) is 0 Å². The average Bonchev–Trinajstić information content (AvgIpc) is 2.77. The maximum Gasteiger partial charge on any atom is 0.325 e. The van der Waals surface area contributed by atoms with Crippen molar-refractivity contribution in [1.29, 1.82) is 0 Å². The van der Waals surface area contributed by atoms with Crippen molar-refractivity contribution in [3.63, 3.8) is 0 Å². The molecular formula is C9H13N3O3. The van der Waals surface area contributed by atoms with Gasteiger partial charge in [0.05, 0.1) is 7.11 Å². The molecule has 0 aromatic carbocycles. The van der Waals surface area contributed by atoms with E-state index in [-0.39, 0.29) is 12.5 Å². The quantitative estimate of drug-likeness (QED) is 0.696. The zero-order chi connectivity index (χ0) is 11.3. The number of ether oxygens (including phenoxy) is 1. The Hall–Kier alpha value is -1.85. The maximum atomic E-state index is 11.5. The van der Waals surface area contributed by atoms with E-state index in [1.165, 1.54) is 11.8 Å². The Labute approximate surface area is 87.2 Å². The SMILES string of the molecule is COC(=O)CNC(=O)C(C)n1cccn1. The minimum Gasteiger partial charge on any atom is -0.468 e. The number of rotatable bonds is 4. The number of esters is 1. The fourth-order valence-electron chi connectivity index (χ4n) is 1.01. The average molecular weight is 211 g/mol. The van der Waals surface area contributed by atoms with Crippen LogP contribution in [0.2, 0.25) is 0 Å². The van der Waals surface area contributed by atoms with Gasteiger partial charge in [-0.25, -0.2) is 0 Å². The van der Waals surface area contributed by atoms with E-state index in [2.05, 4.69) is 15.2 Å². The molecule has 1 atom stereocenters. The first-order valence-electron chi connectivity index (χ1n) is 4.49. The van der Waals surface area contributed by atoms with E-state index in [0.29, 0.717) is 0 Å². The molecule has 0 radical (unpaired) electrons. The largest absolute Gasteiger partial charge is 0.468 e. The molecule has 1 aromatic rings. The van der Waals surface area contributed by atoms with Gasteiger partial charge in [0.25, 0.3) is 0 Å². The fourth-order valence-corrected chi connectivity index (χ4v) is 1.01. The molecule has 0 spiro atoms. The van der Waals surface area contributed by atoms with Crippen LogP contribution in [0, 0.1) is 0 Å². The molecule has 1 N–H and O–H groups in total. The highest BCUT2D eigenvalue weighted by atomic mass is 16.5.